The van der Waals surface area contributed by atoms with Gasteiger partial charge in [-0.1, -0.05) is 0 Å². The first-order valence-electron chi connectivity index (χ1n) is 7.38. The molecule has 5 nitrogen and oxygen atoms in total. The number of carbonyl (C=O) groups is 1. The predicted molar refractivity (Wildman–Crippen MR) is 79.9 cm³/mol. The number of benzene rings is 1. The molecule has 0 aliphatic carbocycles. The fourth-order valence-electron chi connectivity index (χ4n) is 3.03. The molecule has 1 aromatic carbocycles. The lowest BCUT2D eigenvalue weighted by Crippen LogP contribution is -2.49. The van der Waals surface area contributed by atoms with Crippen LogP contribution in [0, 0.1) is 12.8 Å². The van der Waals surface area contributed by atoms with Gasteiger partial charge in [0, 0.05) is 12.6 Å². The van der Waals surface area contributed by atoms with Crippen molar-refractivity contribution in [3.8, 4) is 0 Å². The minimum Gasteiger partial charge on any atom is -0.481 e. The third-order valence-electron chi connectivity index (χ3n) is 4.36. The highest BCUT2D eigenvalue weighted by Gasteiger charge is 2.40. The number of carboxylic acids is 1. The molecular formula is C15H18F3NO4S. The van der Waals surface area contributed by atoms with E-state index in [1.807, 2.05) is 0 Å². The number of sulfonamides is 1. The SMILES string of the molecule is Cc1cc(S(=O)(=O)N2CCC[C@@H](C(=O)O)[C@H]2C)ccc1C(F)(F)F. The van der Waals surface area contributed by atoms with E-state index < -0.39 is 39.7 Å². The third-order valence-corrected chi connectivity index (χ3v) is 6.34. The van der Waals surface area contributed by atoms with Gasteiger partial charge in [0.2, 0.25) is 10.0 Å². The van der Waals surface area contributed by atoms with E-state index in [0.717, 1.165) is 22.5 Å². The van der Waals surface area contributed by atoms with Crippen LogP contribution in [0.3, 0.4) is 0 Å². The fourth-order valence-corrected chi connectivity index (χ4v) is 4.82. The smallest absolute Gasteiger partial charge is 0.416 e. The second-order valence-electron chi connectivity index (χ2n) is 5.92. The van der Waals surface area contributed by atoms with Crippen LogP contribution in [0.25, 0.3) is 0 Å². The Hall–Kier alpha value is -1.61. The van der Waals surface area contributed by atoms with Crippen LogP contribution in [0.1, 0.15) is 30.9 Å². The Morgan fingerprint density at radius 1 is 1.33 bits per heavy atom. The molecule has 9 heteroatoms. The minimum absolute atomic E-state index is 0.146. The van der Waals surface area contributed by atoms with Gasteiger partial charge in [0.15, 0.2) is 0 Å². The van der Waals surface area contributed by atoms with Gasteiger partial charge in [-0.25, -0.2) is 8.42 Å². The maximum atomic E-state index is 12.8. The minimum atomic E-state index is -4.56. The van der Waals surface area contributed by atoms with Gasteiger partial charge in [-0.2, -0.15) is 17.5 Å². The van der Waals surface area contributed by atoms with Crippen molar-refractivity contribution in [3.05, 3.63) is 29.3 Å². The van der Waals surface area contributed by atoms with Crippen LogP contribution < -0.4 is 0 Å². The lowest BCUT2D eigenvalue weighted by molar-refractivity contribution is -0.144. The molecule has 1 aromatic rings. The summed E-state index contributed by atoms with van der Waals surface area (Å²) >= 11 is 0. The molecule has 1 aliphatic heterocycles. The van der Waals surface area contributed by atoms with E-state index in [9.17, 15) is 31.5 Å². The second kappa shape index (κ2) is 6.36. The van der Waals surface area contributed by atoms with Gasteiger partial charge in [0.25, 0.3) is 0 Å². The molecule has 0 aromatic heterocycles. The highest BCUT2D eigenvalue weighted by Crippen LogP contribution is 2.34. The maximum Gasteiger partial charge on any atom is 0.416 e. The summed E-state index contributed by atoms with van der Waals surface area (Å²) < 4.78 is 65.0. The average molecular weight is 365 g/mol. The van der Waals surface area contributed by atoms with Crippen LogP contribution in [0.2, 0.25) is 0 Å². The molecule has 1 fully saturated rings. The van der Waals surface area contributed by atoms with Gasteiger partial charge >= 0.3 is 12.1 Å². The number of nitrogens with zero attached hydrogens (tertiary/aromatic N) is 1. The normalized spacial score (nSPS) is 23.2. The molecule has 24 heavy (non-hydrogen) atoms. The van der Waals surface area contributed by atoms with Crippen LogP contribution in [-0.4, -0.2) is 36.4 Å². The predicted octanol–water partition coefficient (Wildman–Crippen LogP) is 2.89. The van der Waals surface area contributed by atoms with Crippen molar-refractivity contribution in [2.75, 3.05) is 6.54 Å². The Labute approximate surface area is 138 Å². The zero-order chi connectivity index (χ0) is 18.3. The molecule has 0 amide bonds. The summed E-state index contributed by atoms with van der Waals surface area (Å²) in [5.74, 6) is -1.91. The van der Waals surface area contributed by atoms with Crippen molar-refractivity contribution in [2.24, 2.45) is 5.92 Å². The molecule has 1 aliphatic rings. The van der Waals surface area contributed by atoms with E-state index in [2.05, 4.69) is 0 Å². The van der Waals surface area contributed by atoms with Crippen molar-refractivity contribution < 1.29 is 31.5 Å². The topological polar surface area (TPSA) is 74.7 Å². The summed E-state index contributed by atoms with van der Waals surface area (Å²) in [4.78, 5) is 11.0. The van der Waals surface area contributed by atoms with Crippen LogP contribution in [0.5, 0.6) is 0 Å². The summed E-state index contributed by atoms with van der Waals surface area (Å²) in [6, 6.07) is 1.88. The highest BCUT2D eigenvalue weighted by molar-refractivity contribution is 7.89. The molecule has 1 heterocycles. The Morgan fingerprint density at radius 3 is 2.46 bits per heavy atom. The molecule has 1 saturated heterocycles. The molecule has 134 valence electrons. The molecule has 0 unspecified atom stereocenters. The van der Waals surface area contributed by atoms with E-state index in [-0.39, 0.29) is 17.0 Å². The average Bonchev–Trinajstić information content (AvgIpc) is 2.45. The summed E-state index contributed by atoms with van der Waals surface area (Å²) in [7, 11) is -4.06. The monoisotopic (exact) mass is 365 g/mol. The van der Waals surface area contributed by atoms with Gasteiger partial charge in [-0.15, -0.1) is 0 Å². The molecule has 1 N–H and O–H groups in total. The Balaban J connectivity index is 2.40. The number of hydrogen-bond acceptors (Lipinski definition) is 3. The van der Waals surface area contributed by atoms with Crippen molar-refractivity contribution in [2.45, 2.75) is 43.8 Å². The number of rotatable bonds is 3. The summed E-state index contributed by atoms with van der Waals surface area (Å²) in [5, 5.41) is 9.19. The number of aliphatic carboxylic acids is 1. The molecule has 0 bridgehead atoms. The quantitative estimate of drug-likeness (QED) is 0.894. The van der Waals surface area contributed by atoms with Gasteiger partial charge in [0.1, 0.15) is 0 Å². The number of hydrogen-bond donors (Lipinski definition) is 1. The maximum absolute atomic E-state index is 12.8. The van der Waals surface area contributed by atoms with Gasteiger partial charge in [0.05, 0.1) is 16.4 Å². The third kappa shape index (κ3) is 3.41. The zero-order valence-corrected chi connectivity index (χ0v) is 14.0. The first kappa shape index (κ1) is 18.7. The Kier molecular flexibility index (Phi) is 4.96. The van der Waals surface area contributed by atoms with E-state index >= 15 is 0 Å². The van der Waals surface area contributed by atoms with Crippen LogP contribution in [0.15, 0.2) is 23.1 Å². The number of carboxylic acid groups (broad SMARTS) is 1. The molecule has 0 radical (unpaired) electrons. The first-order chi connectivity index (χ1) is 11.0. The van der Waals surface area contributed by atoms with E-state index in [0.29, 0.717) is 12.8 Å². The lowest BCUT2D eigenvalue weighted by atomic mass is 9.92. The largest absolute Gasteiger partial charge is 0.481 e. The van der Waals surface area contributed by atoms with Crippen molar-refractivity contribution >= 4 is 16.0 Å². The van der Waals surface area contributed by atoms with Gasteiger partial charge in [-0.05, 0) is 50.5 Å². The number of piperidine rings is 1. The Morgan fingerprint density at radius 2 is 1.96 bits per heavy atom. The van der Waals surface area contributed by atoms with Gasteiger partial charge < -0.3 is 5.11 Å². The number of halogens is 3. The summed E-state index contributed by atoms with van der Waals surface area (Å²) in [6.07, 6.45) is -3.80. The summed E-state index contributed by atoms with van der Waals surface area (Å²) in [6.45, 7) is 2.85. The van der Waals surface area contributed by atoms with Crippen LogP contribution in [0.4, 0.5) is 13.2 Å². The first-order valence-corrected chi connectivity index (χ1v) is 8.82. The number of aryl methyl sites for hydroxylation is 1. The summed E-state index contributed by atoms with van der Waals surface area (Å²) in [5.41, 5.74) is -1.08. The van der Waals surface area contributed by atoms with Crippen LogP contribution >= 0.6 is 0 Å². The van der Waals surface area contributed by atoms with E-state index in [1.165, 1.54) is 13.8 Å². The van der Waals surface area contributed by atoms with Crippen molar-refractivity contribution in [3.63, 3.8) is 0 Å². The van der Waals surface area contributed by atoms with E-state index in [1.54, 1.807) is 0 Å². The second-order valence-corrected chi connectivity index (χ2v) is 7.81. The standard InChI is InChI=1S/C15H18F3NO4S/c1-9-8-11(5-6-13(9)15(16,17)18)24(22,23)19-7-3-4-12(10(19)2)14(20)21/h5-6,8,10,12H,3-4,7H2,1-2H3,(H,20,21)/t10-,12-/m1/s1. The Bertz CT molecular complexity index is 746. The molecular weight excluding hydrogens is 347 g/mol. The molecule has 0 spiro atoms. The zero-order valence-electron chi connectivity index (χ0n) is 13.2. The van der Waals surface area contributed by atoms with Gasteiger partial charge in [-0.3, -0.25) is 4.79 Å². The number of alkyl halides is 3. The van der Waals surface area contributed by atoms with Crippen LogP contribution in [-0.2, 0) is 21.0 Å². The fraction of sp³-hybridized carbons (Fsp3) is 0.533. The van der Waals surface area contributed by atoms with Crippen molar-refractivity contribution in [1.82, 2.24) is 4.31 Å². The molecule has 2 atom stereocenters. The van der Waals surface area contributed by atoms with Crippen molar-refractivity contribution in [1.29, 1.82) is 0 Å². The van der Waals surface area contributed by atoms with E-state index in [4.69, 9.17) is 0 Å². The molecule has 2 rings (SSSR count). The molecule has 0 saturated carbocycles. The lowest BCUT2D eigenvalue weighted by Gasteiger charge is -2.36. The highest BCUT2D eigenvalue weighted by atomic mass is 32.2.